The van der Waals surface area contributed by atoms with Gasteiger partial charge in [0.2, 0.25) is 5.91 Å². The zero-order valence-electron chi connectivity index (χ0n) is 11.9. The maximum Gasteiger partial charge on any atom is 0.326 e. The van der Waals surface area contributed by atoms with Crippen molar-refractivity contribution in [3.63, 3.8) is 0 Å². The van der Waals surface area contributed by atoms with Gasteiger partial charge in [0.15, 0.2) is 0 Å². The van der Waals surface area contributed by atoms with Crippen LogP contribution in [0.5, 0.6) is 0 Å². The van der Waals surface area contributed by atoms with Crippen LogP contribution in [-0.2, 0) is 22.6 Å². The molecule has 1 amide bonds. The molecule has 2 aliphatic heterocycles. The number of nitrogens with zero attached hydrogens (tertiary/aromatic N) is 1. The summed E-state index contributed by atoms with van der Waals surface area (Å²) in [6.07, 6.45) is 1.84. The Morgan fingerprint density at radius 2 is 2.05 bits per heavy atom. The minimum absolute atomic E-state index is 0.0365. The normalized spacial score (nSPS) is 24.7. The van der Waals surface area contributed by atoms with Crippen LogP contribution in [0.1, 0.15) is 24.0 Å². The third kappa shape index (κ3) is 2.93. The van der Waals surface area contributed by atoms with Crippen LogP contribution in [0.3, 0.4) is 0 Å². The first kappa shape index (κ1) is 14.1. The third-order valence-corrected chi connectivity index (χ3v) is 4.48. The fourth-order valence-corrected chi connectivity index (χ4v) is 3.26. The number of fused-ring (bicyclic) bond motifs is 1. The molecule has 5 heteroatoms. The number of benzene rings is 1. The number of carbonyl (C=O) groups excluding carboxylic acids is 1. The predicted octanol–water partition coefficient (Wildman–Crippen LogP) is 1.02. The van der Waals surface area contributed by atoms with Crippen LogP contribution < -0.4 is 5.32 Å². The first-order chi connectivity index (χ1) is 10.1. The quantitative estimate of drug-likeness (QED) is 0.871. The summed E-state index contributed by atoms with van der Waals surface area (Å²) in [7, 11) is 0. The van der Waals surface area contributed by atoms with Crippen molar-refractivity contribution in [1.82, 2.24) is 10.2 Å². The molecule has 21 heavy (non-hydrogen) atoms. The molecule has 2 N–H and O–H groups in total. The lowest BCUT2D eigenvalue weighted by molar-refractivity contribution is -0.151. The average Bonchev–Trinajstić information content (AvgIpc) is 2.98. The molecule has 112 valence electrons. The van der Waals surface area contributed by atoms with Crippen molar-refractivity contribution in [2.75, 3.05) is 13.1 Å². The monoisotopic (exact) mass is 288 g/mol. The highest BCUT2D eigenvalue weighted by atomic mass is 16.4. The van der Waals surface area contributed by atoms with Gasteiger partial charge in [-0.1, -0.05) is 24.3 Å². The molecule has 0 spiro atoms. The van der Waals surface area contributed by atoms with Gasteiger partial charge in [-0.3, -0.25) is 4.79 Å². The summed E-state index contributed by atoms with van der Waals surface area (Å²) in [5, 5.41) is 12.7. The highest BCUT2D eigenvalue weighted by molar-refractivity contribution is 5.84. The first-order valence-electron chi connectivity index (χ1n) is 7.45. The number of carbonyl (C=O) groups is 2. The van der Waals surface area contributed by atoms with Gasteiger partial charge in [-0.2, -0.15) is 0 Å². The topological polar surface area (TPSA) is 69.6 Å². The maximum atomic E-state index is 12.5. The summed E-state index contributed by atoms with van der Waals surface area (Å²) in [5.41, 5.74) is 2.10. The lowest BCUT2D eigenvalue weighted by atomic mass is 9.93. The maximum absolute atomic E-state index is 12.5. The van der Waals surface area contributed by atoms with Gasteiger partial charge in [0.05, 0.1) is 0 Å². The van der Waals surface area contributed by atoms with E-state index in [1.165, 1.54) is 0 Å². The molecule has 1 fully saturated rings. The number of rotatable bonds is 3. The average molecular weight is 288 g/mol. The molecule has 3 rings (SSSR count). The summed E-state index contributed by atoms with van der Waals surface area (Å²) in [6.45, 7) is 2.21. The van der Waals surface area contributed by atoms with E-state index in [2.05, 4.69) is 5.32 Å². The van der Waals surface area contributed by atoms with E-state index in [1.54, 1.807) is 4.90 Å². The van der Waals surface area contributed by atoms with Crippen molar-refractivity contribution in [3.05, 3.63) is 35.4 Å². The van der Waals surface area contributed by atoms with E-state index >= 15 is 0 Å². The molecular formula is C16H20N2O3. The van der Waals surface area contributed by atoms with Crippen LogP contribution in [0.15, 0.2) is 24.3 Å². The van der Waals surface area contributed by atoms with Crippen LogP contribution in [0.2, 0.25) is 0 Å². The smallest absolute Gasteiger partial charge is 0.326 e. The van der Waals surface area contributed by atoms with Gasteiger partial charge in [0, 0.05) is 19.4 Å². The zero-order valence-corrected chi connectivity index (χ0v) is 11.9. The molecule has 0 saturated carbocycles. The van der Waals surface area contributed by atoms with Gasteiger partial charge >= 0.3 is 5.97 Å². The predicted molar refractivity (Wildman–Crippen MR) is 77.7 cm³/mol. The summed E-state index contributed by atoms with van der Waals surface area (Å²) < 4.78 is 0. The van der Waals surface area contributed by atoms with Gasteiger partial charge in [-0.25, -0.2) is 4.79 Å². The molecular weight excluding hydrogens is 268 g/mol. The van der Waals surface area contributed by atoms with Crippen LogP contribution in [-0.4, -0.2) is 41.0 Å². The molecule has 2 unspecified atom stereocenters. The molecule has 1 aromatic rings. The molecule has 0 aliphatic carbocycles. The van der Waals surface area contributed by atoms with E-state index in [0.29, 0.717) is 25.3 Å². The molecule has 2 atom stereocenters. The van der Waals surface area contributed by atoms with Crippen molar-refractivity contribution in [2.24, 2.45) is 5.92 Å². The largest absolute Gasteiger partial charge is 0.480 e. The van der Waals surface area contributed by atoms with E-state index in [-0.39, 0.29) is 5.91 Å². The fraction of sp³-hybridized carbons (Fsp3) is 0.500. The highest BCUT2D eigenvalue weighted by Gasteiger charge is 2.35. The SMILES string of the molecule is O=C(O)C1Cc2ccccc2CN1C(=O)CC1CCNC1. The van der Waals surface area contributed by atoms with Crippen molar-refractivity contribution >= 4 is 11.9 Å². The highest BCUT2D eigenvalue weighted by Crippen LogP contribution is 2.25. The first-order valence-corrected chi connectivity index (χ1v) is 7.45. The van der Waals surface area contributed by atoms with Crippen molar-refractivity contribution in [1.29, 1.82) is 0 Å². The van der Waals surface area contributed by atoms with Crippen LogP contribution in [0.25, 0.3) is 0 Å². The van der Waals surface area contributed by atoms with E-state index in [9.17, 15) is 14.7 Å². The molecule has 1 saturated heterocycles. The second-order valence-electron chi connectivity index (χ2n) is 5.91. The van der Waals surface area contributed by atoms with Gasteiger partial charge in [-0.15, -0.1) is 0 Å². The second-order valence-corrected chi connectivity index (χ2v) is 5.91. The number of carboxylic acids is 1. The number of amides is 1. The number of carboxylic acid groups (broad SMARTS) is 1. The summed E-state index contributed by atoms with van der Waals surface area (Å²) in [5.74, 6) is -0.614. The van der Waals surface area contributed by atoms with E-state index in [0.717, 1.165) is 30.6 Å². The van der Waals surface area contributed by atoms with Crippen LogP contribution >= 0.6 is 0 Å². The Hall–Kier alpha value is -1.88. The van der Waals surface area contributed by atoms with Gasteiger partial charge < -0.3 is 15.3 Å². The summed E-state index contributed by atoms with van der Waals surface area (Å²) in [4.78, 5) is 25.6. The Balaban J connectivity index is 1.78. The molecule has 0 radical (unpaired) electrons. The molecule has 1 aromatic carbocycles. The van der Waals surface area contributed by atoms with E-state index in [4.69, 9.17) is 0 Å². The molecule has 0 aromatic heterocycles. The number of aliphatic carboxylic acids is 1. The number of nitrogens with one attached hydrogen (secondary N) is 1. The lowest BCUT2D eigenvalue weighted by Crippen LogP contribution is -2.49. The van der Waals surface area contributed by atoms with Crippen LogP contribution in [0.4, 0.5) is 0 Å². The second kappa shape index (κ2) is 5.85. The molecule has 0 bridgehead atoms. The fourth-order valence-electron chi connectivity index (χ4n) is 3.26. The molecule has 2 heterocycles. The van der Waals surface area contributed by atoms with Crippen molar-refractivity contribution in [3.8, 4) is 0 Å². The van der Waals surface area contributed by atoms with Gasteiger partial charge in [-0.05, 0) is 36.6 Å². The van der Waals surface area contributed by atoms with Gasteiger partial charge in [0.1, 0.15) is 6.04 Å². The van der Waals surface area contributed by atoms with Crippen LogP contribution in [0, 0.1) is 5.92 Å². The lowest BCUT2D eigenvalue weighted by Gasteiger charge is -2.35. The molecule has 2 aliphatic rings. The molecule has 5 nitrogen and oxygen atoms in total. The number of hydrogen-bond donors (Lipinski definition) is 2. The Morgan fingerprint density at radius 3 is 2.71 bits per heavy atom. The number of hydrogen-bond acceptors (Lipinski definition) is 3. The van der Waals surface area contributed by atoms with E-state index in [1.807, 2.05) is 24.3 Å². The van der Waals surface area contributed by atoms with Crippen molar-refractivity contribution in [2.45, 2.75) is 31.8 Å². The Labute approximate surface area is 123 Å². The summed E-state index contributed by atoms with van der Waals surface area (Å²) >= 11 is 0. The Bertz CT molecular complexity index is 552. The van der Waals surface area contributed by atoms with Crippen molar-refractivity contribution < 1.29 is 14.7 Å². The third-order valence-electron chi connectivity index (χ3n) is 4.48. The Kier molecular flexibility index (Phi) is 3.92. The van der Waals surface area contributed by atoms with E-state index < -0.39 is 12.0 Å². The Morgan fingerprint density at radius 1 is 1.29 bits per heavy atom. The standard InChI is InChI=1S/C16H20N2O3/c19-15(7-11-5-6-17-9-11)18-10-13-4-2-1-3-12(13)8-14(18)16(20)21/h1-4,11,14,17H,5-10H2,(H,20,21). The van der Waals surface area contributed by atoms with Gasteiger partial charge in [0.25, 0.3) is 0 Å². The minimum Gasteiger partial charge on any atom is -0.480 e. The zero-order chi connectivity index (χ0) is 14.8. The summed E-state index contributed by atoms with van der Waals surface area (Å²) in [6, 6.07) is 7.04. The minimum atomic E-state index is -0.914.